The average Bonchev–Trinajstić information content (AvgIpc) is 2.42. The van der Waals surface area contributed by atoms with Gasteiger partial charge in [-0.05, 0) is 57.2 Å². The Morgan fingerprint density at radius 2 is 1.79 bits per heavy atom. The van der Waals surface area contributed by atoms with Crippen molar-refractivity contribution in [3.63, 3.8) is 0 Å². The molecule has 1 aromatic carbocycles. The van der Waals surface area contributed by atoms with Gasteiger partial charge in [0.15, 0.2) is 0 Å². The zero-order valence-corrected chi connectivity index (χ0v) is 11.9. The fourth-order valence-electron chi connectivity index (χ4n) is 3.35. The number of nitrogens with zero attached hydrogens (tertiary/aromatic N) is 2. The summed E-state index contributed by atoms with van der Waals surface area (Å²) in [5, 5.41) is 11.8. The molecule has 1 fully saturated rings. The molecular weight excluding hydrogens is 236 g/mol. The first kappa shape index (κ1) is 14.1. The van der Waals surface area contributed by atoms with Crippen molar-refractivity contribution in [3.05, 3.63) is 35.9 Å². The van der Waals surface area contributed by atoms with Gasteiger partial charge in [0.1, 0.15) is 0 Å². The van der Waals surface area contributed by atoms with Crippen molar-refractivity contribution in [2.75, 3.05) is 14.1 Å². The quantitative estimate of drug-likeness (QED) is 0.510. The molecule has 0 aliphatic heterocycles. The Morgan fingerprint density at radius 3 is 2.32 bits per heavy atom. The zero-order chi connectivity index (χ0) is 13.7. The molecule has 1 saturated carbocycles. The topological polar surface area (TPSA) is 35.8 Å². The molecule has 0 heterocycles. The van der Waals surface area contributed by atoms with E-state index in [4.69, 9.17) is 5.21 Å². The highest BCUT2D eigenvalue weighted by Gasteiger charge is 2.29. The minimum absolute atomic E-state index is 0.458. The van der Waals surface area contributed by atoms with Crippen LogP contribution >= 0.6 is 0 Å². The van der Waals surface area contributed by atoms with Crippen LogP contribution in [-0.2, 0) is 0 Å². The van der Waals surface area contributed by atoms with Crippen molar-refractivity contribution in [1.82, 2.24) is 4.90 Å². The monoisotopic (exact) mass is 260 g/mol. The first-order valence-corrected chi connectivity index (χ1v) is 7.11. The molecule has 0 spiro atoms. The summed E-state index contributed by atoms with van der Waals surface area (Å²) in [4.78, 5) is 2.33. The molecule has 0 bridgehead atoms. The maximum absolute atomic E-state index is 8.62. The Hall–Kier alpha value is -1.35. The summed E-state index contributed by atoms with van der Waals surface area (Å²) in [7, 11) is 4.33. The zero-order valence-electron chi connectivity index (χ0n) is 11.9. The Kier molecular flexibility index (Phi) is 4.97. The van der Waals surface area contributed by atoms with E-state index in [1.807, 2.05) is 0 Å². The van der Waals surface area contributed by atoms with E-state index >= 15 is 0 Å². The summed E-state index contributed by atoms with van der Waals surface area (Å²) in [6.45, 7) is 0. The molecule has 0 radical (unpaired) electrons. The molecule has 0 saturated heterocycles. The first-order chi connectivity index (χ1) is 9.22. The van der Waals surface area contributed by atoms with Crippen molar-refractivity contribution in [3.8, 4) is 0 Å². The normalized spacial score (nSPS) is 25.8. The highest BCUT2D eigenvalue weighted by atomic mass is 16.4. The third kappa shape index (κ3) is 3.57. The highest BCUT2D eigenvalue weighted by molar-refractivity contribution is 5.59. The minimum Gasteiger partial charge on any atom is -0.411 e. The molecule has 3 nitrogen and oxygen atoms in total. The number of hydrogen-bond acceptors (Lipinski definition) is 3. The van der Waals surface area contributed by atoms with E-state index in [-0.39, 0.29) is 0 Å². The predicted octanol–water partition coefficient (Wildman–Crippen LogP) is 3.56. The lowest BCUT2D eigenvalue weighted by atomic mass is 9.76. The van der Waals surface area contributed by atoms with Crippen LogP contribution in [0.3, 0.4) is 0 Å². The van der Waals surface area contributed by atoms with Gasteiger partial charge in [0.05, 0.1) is 0 Å². The van der Waals surface area contributed by atoms with Crippen molar-refractivity contribution in [1.29, 1.82) is 0 Å². The van der Waals surface area contributed by atoms with Gasteiger partial charge < -0.3 is 10.1 Å². The third-order valence-electron chi connectivity index (χ3n) is 4.24. The lowest BCUT2D eigenvalue weighted by Gasteiger charge is -2.36. The Bertz CT molecular complexity index is 394. The van der Waals surface area contributed by atoms with Crippen LogP contribution in [0.5, 0.6) is 0 Å². The van der Waals surface area contributed by atoms with Gasteiger partial charge in [-0.3, -0.25) is 0 Å². The predicted molar refractivity (Wildman–Crippen MR) is 78.6 cm³/mol. The molecule has 1 unspecified atom stereocenters. The molecule has 104 valence electrons. The summed E-state index contributed by atoms with van der Waals surface area (Å²) in [5.41, 5.74) is 1.41. The molecule has 2 rings (SSSR count). The van der Waals surface area contributed by atoms with Crippen LogP contribution in [0, 0.1) is 11.8 Å². The van der Waals surface area contributed by atoms with E-state index in [1.165, 1.54) is 18.4 Å². The second kappa shape index (κ2) is 6.71. The molecule has 1 aromatic rings. The van der Waals surface area contributed by atoms with Crippen LogP contribution in [0.25, 0.3) is 0 Å². The number of oxime groups is 1. The van der Waals surface area contributed by atoms with Gasteiger partial charge in [0.2, 0.25) is 0 Å². The molecule has 0 aromatic heterocycles. The van der Waals surface area contributed by atoms with Gasteiger partial charge in [-0.15, -0.1) is 5.16 Å². The summed E-state index contributed by atoms with van der Waals surface area (Å²) in [5.74, 6) is 1.15. The number of hydrogen-bond donors (Lipinski definition) is 1. The average molecular weight is 260 g/mol. The van der Waals surface area contributed by atoms with Crippen molar-refractivity contribution >= 4 is 6.21 Å². The molecule has 1 atom stereocenters. The fourth-order valence-corrected chi connectivity index (χ4v) is 3.35. The Balaban J connectivity index is 2.06. The van der Waals surface area contributed by atoms with Gasteiger partial charge in [0.25, 0.3) is 0 Å². The fraction of sp³-hybridized carbons (Fsp3) is 0.562. The molecule has 3 heteroatoms. The van der Waals surface area contributed by atoms with Gasteiger partial charge in [0, 0.05) is 12.3 Å². The lowest BCUT2D eigenvalue weighted by molar-refractivity contribution is 0.162. The van der Waals surface area contributed by atoms with Crippen LogP contribution in [0.2, 0.25) is 0 Å². The van der Waals surface area contributed by atoms with E-state index in [2.05, 4.69) is 54.5 Å². The molecular formula is C16H24N2O. The SMILES string of the molecule is CN(C)C(c1ccccc1)C1CCC(C=NO)CC1. The van der Waals surface area contributed by atoms with Gasteiger partial charge in [-0.1, -0.05) is 30.3 Å². The standard InChI is InChI=1S/C16H24N2O/c1-18(2)16(14-6-4-3-5-7-14)15-10-8-13(9-11-15)12-17-19/h3-7,12-13,15-16,19H,8-11H2,1-2H3. The maximum atomic E-state index is 8.62. The Morgan fingerprint density at radius 1 is 1.16 bits per heavy atom. The summed E-state index contributed by atoms with van der Waals surface area (Å²) >= 11 is 0. The maximum Gasteiger partial charge on any atom is 0.0466 e. The van der Waals surface area contributed by atoms with E-state index in [1.54, 1.807) is 6.21 Å². The summed E-state index contributed by atoms with van der Waals surface area (Å²) < 4.78 is 0. The van der Waals surface area contributed by atoms with E-state index in [9.17, 15) is 0 Å². The van der Waals surface area contributed by atoms with Crippen LogP contribution in [0.4, 0.5) is 0 Å². The van der Waals surface area contributed by atoms with Crippen molar-refractivity contribution < 1.29 is 5.21 Å². The van der Waals surface area contributed by atoms with Crippen molar-refractivity contribution in [2.45, 2.75) is 31.7 Å². The summed E-state index contributed by atoms with van der Waals surface area (Å²) in [6.07, 6.45) is 6.37. The number of rotatable bonds is 4. The lowest BCUT2D eigenvalue weighted by Crippen LogP contribution is -2.30. The largest absolute Gasteiger partial charge is 0.411 e. The van der Waals surface area contributed by atoms with Crippen molar-refractivity contribution in [2.24, 2.45) is 17.0 Å². The van der Waals surface area contributed by atoms with Gasteiger partial charge in [-0.2, -0.15) is 0 Å². The Labute approximate surface area is 115 Å². The van der Waals surface area contributed by atoms with Gasteiger partial charge in [-0.25, -0.2) is 0 Å². The highest BCUT2D eigenvalue weighted by Crippen LogP contribution is 2.38. The molecule has 1 N–H and O–H groups in total. The second-order valence-electron chi connectivity index (χ2n) is 5.76. The minimum atomic E-state index is 0.458. The van der Waals surface area contributed by atoms with Crippen LogP contribution < -0.4 is 0 Å². The molecule has 1 aliphatic carbocycles. The van der Waals surface area contributed by atoms with Crippen LogP contribution in [0.1, 0.15) is 37.3 Å². The van der Waals surface area contributed by atoms with Crippen LogP contribution in [-0.4, -0.2) is 30.4 Å². The van der Waals surface area contributed by atoms with E-state index in [0.29, 0.717) is 17.9 Å². The van der Waals surface area contributed by atoms with E-state index in [0.717, 1.165) is 12.8 Å². The summed E-state index contributed by atoms with van der Waals surface area (Å²) in [6, 6.07) is 11.3. The molecule has 0 amide bonds. The third-order valence-corrected chi connectivity index (χ3v) is 4.24. The number of benzene rings is 1. The second-order valence-corrected chi connectivity index (χ2v) is 5.76. The smallest absolute Gasteiger partial charge is 0.0466 e. The van der Waals surface area contributed by atoms with E-state index < -0.39 is 0 Å². The van der Waals surface area contributed by atoms with Gasteiger partial charge >= 0.3 is 0 Å². The van der Waals surface area contributed by atoms with Crippen LogP contribution in [0.15, 0.2) is 35.5 Å². The molecule has 19 heavy (non-hydrogen) atoms. The first-order valence-electron chi connectivity index (χ1n) is 7.11. The molecule has 1 aliphatic rings.